The number of hydrogen-bond donors (Lipinski definition) is 1. The maximum Gasteiger partial charge on any atom is 0.264 e. The summed E-state index contributed by atoms with van der Waals surface area (Å²) in [6, 6.07) is 22.1. The molecule has 0 radical (unpaired) electrons. The first-order valence-electron chi connectivity index (χ1n) is 14.9. The molecule has 3 aromatic carbocycles. The van der Waals surface area contributed by atoms with Crippen molar-refractivity contribution in [2.75, 3.05) is 24.0 Å². The maximum atomic E-state index is 14.2. The lowest BCUT2D eigenvalue weighted by Crippen LogP contribution is -2.54. The van der Waals surface area contributed by atoms with E-state index in [0.29, 0.717) is 30.9 Å². The molecule has 4 rings (SSSR count). The first kappa shape index (κ1) is 32.5. The molecule has 0 saturated heterocycles. The summed E-state index contributed by atoms with van der Waals surface area (Å²) < 4.78 is 35.5. The van der Waals surface area contributed by atoms with Crippen LogP contribution in [0.25, 0.3) is 0 Å². The van der Waals surface area contributed by atoms with E-state index in [1.807, 2.05) is 44.2 Å². The summed E-state index contributed by atoms with van der Waals surface area (Å²) in [5.41, 5.74) is 1.35. The highest BCUT2D eigenvalue weighted by atomic mass is 79.9. The minimum absolute atomic E-state index is 0.0549. The summed E-state index contributed by atoms with van der Waals surface area (Å²) in [5.74, 6) is -0.0456. The van der Waals surface area contributed by atoms with Crippen LogP contribution in [0.3, 0.4) is 0 Å². The number of benzene rings is 3. The lowest BCUT2D eigenvalue weighted by Gasteiger charge is -2.33. The number of carbonyl (C=O) groups excluding carboxylic acids is 2. The molecule has 1 aliphatic carbocycles. The van der Waals surface area contributed by atoms with Crippen molar-refractivity contribution >= 4 is 43.5 Å². The van der Waals surface area contributed by atoms with Crippen LogP contribution in [0.5, 0.6) is 5.75 Å². The summed E-state index contributed by atoms with van der Waals surface area (Å²) in [5, 5.41) is 3.14. The van der Waals surface area contributed by atoms with E-state index in [4.69, 9.17) is 4.74 Å². The Balaban J connectivity index is 1.67. The zero-order valence-corrected chi connectivity index (χ0v) is 27.1. The van der Waals surface area contributed by atoms with Crippen LogP contribution >= 0.6 is 15.9 Å². The van der Waals surface area contributed by atoms with Crippen molar-refractivity contribution in [2.24, 2.45) is 0 Å². The molecular formula is C33H40BrN3O5S. The molecule has 1 atom stereocenters. The van der Waals surface area contributed by atoms with Gasteiger partial charge in [-0.15, -0.1) is 0 Å². The molecule has 0 aliphatic heterocycles. The summed E-state index contributed by atoms with van der Waals surface area (Å²) in [7, 11) is -4.14. The fourth-order valence-corrected chi connectivity index (χ4v) is 7.08. The van der Waals surface area contributed by atoms with Gasteiger partial charge >= 0.3 is 0 Å². The number of nitrogens with zero attached hydrogens (tertiary/aromatic N) is 2. The zero-order valence-electron chi connectivity index (χ0n) is 24.7. The van der Waals surface area contributed by atoms with E-state index in [2.05, 4.69) is 21.2 Å². The normalized spacial score (nSPS) is 14.2. The van der Waals surface area contributed by atoms with Gasteiger partial charge in [0, 0.05) is 17.1 Å². The second kappa shape index (κ2) is 15.4. The second-order valence-electron chi connectivity index (χ2n) is 10.6. The number of rotatable bonds is 14. The first-order valence-corrected chi connectivity index (χ1v) is 17.1. The monoisotopic (exact) mass is 669 g/mol. The predicted octanol–water partition coefficient (Wildman–Crippen LogP) is 5.95. The highest BCUT2D eigenvalue weighted by Crippen LogP contribution is 2.27. The molecule has 1 aliphatic rings. The van der Waals surface area contributed by atoms with Gasteiger partial charge in [0.1, 0.15) is 18.3 Å². The van der Waals surface area contributed by atoms with E-state index in [1.165, 1.54) is 12.1 Å². The van der Waals surface area contributed by atoms with E-state index in [1.54, 1.807) is 41.3 Å². The molecule has 230 valence electrons. The average molecular weight is 671 g/mol. The van der Waals surface area contributed by atoms with Crippen LogP contribution in [-0.4, -0.2) is 56.9 Å². The molecule has 0 aromatic heterocycles. The Morgan fingerprint density at radius 2 is 1.60 bits per heavy atom. The highest BCUT2D eigenvalue weighted by Gasteiger charge is 2.34. The zero-order chi connectivity index (χ0) is 30.8. The minimum Gasteiger partial charge on any atom is -0.494 e. The quantitative estimate of drug-likeness (QED) is 0.229. The number of hydrogen-bond acceptors (Lipinski definition) is 5. The van der Waals surface area contributed by atoms with E-state index < -0.39 is 28.5 Å². The largest absolute Gasteiger partial charge is 0.494 e. The Bertz CT molecular complexity index is 1440. The number of ether oxygens (including phenoxy) is 1. The van der Waals surface area contributed by atoms with Crippen molar-refractivity contribution in [3.05, 3.63) is 88.9 Å². The third kappa shape index (κ3) is 8.60. The molecule has 10 heteroatoms. The number of sulfonamides is 1. The van der Waals surface area contributed by atoms with Gasteiger partial charge in [0.2, 0.25) is 11.8 Å². The molecule has 1 N–H and O–H groups in total. The second-order valence-corrected chi connectivity index (χ2v) is 13.4. The van der Waals surface area contributed by atoms with Crippen molar-refractivity contribution < 1.29 is 22.7 Å². The third-order valence-electron chi connectivity index (χ3n) is 7.69. The van der Waals surface area contributed by atoms with Gasteiger partial charge in [0.05, 0.1) is 17.2 Å². The van der Waals surface area contributed by atoms with Gasteiger partial charge in [-0.3, -0.25) is 13.9 Å². The lowest BCUT2D eigenvalue weighted by atomic mass is 10.1. The summed E-state index contributed by atoms with van der Waals surface area (Å²) >= 11 is 3.36. The number of halogens is 1. The third-order valence-corrected chi connectivity index (χ3v) is 10.0. The van der Waals surface area contributed by atoms with Gasteiger partial charge in [-0.1, -0.05) is 66.0 Å². The lowest BCUT2D eigenvalue weighted by molar-refractivity contribution is -0.139. The van der Waals surface area contributed by atoms with Crippen molar-refractivity contribution in [2.45, 2.75) is 69.4 Å². The van der Waals surface area contributed by atoms with Crippen LogP contribution in [0.1, 0.15) is 51.5 Å². The van der Waals surface area contributed by atoms with Gasteiger partial charge in [-0.05, 0) is 86.7 Å². The molecule has 0 spiro atoms. The van der Waals surface area contributed by atoms with Crippen LogP contribution in [0, 0.1) is 0 Å². The van der Waals surface area contributed by atoms with E-state index in [0.717, 1.165) is 40.0 Å². The van der Waals surface area contributed by atoms with Gasteiger partial charge in [0.15, 0.2) is 0 Å². The molecule has 1 saturated carbocycles. The van der Waals surface area contributed by atoms with Crippen molar-refractivity contribution in [1.82, 2.24) is 10.2 Å². The molecule has 8 nitrogen and oxygen atoms in total. The fraction of sp³-hybridized carbons (Fsp3) is 0.394. The van der Waals surface area contributed by atoms with Gasteiger partial charge in [-0.2, -0.15) is 0 Å². The van der Waals surface area contributed by atoms with E-state index in [-0.39, 0.29) is 23.4 Å². The molecule has 0 bridgehead atoms. The van der Waals surface area contributed by atoms with Gasteiger partial charge < -0.3 is 15.0 Å². The van der Waals surface area contributed by atoms with Gasteiger partial charge in [-0.25, -0.2) is 8.42 Å². The molecule has 2 amide bonds. The molecule has 0 unspecified atom stereocenters. The Hall–Kier alpha value is -3.37. The van der Waals surface area contributed by atoms with Crippen LogP contribution in [0.15, 0.2) is 88.2 Å². The number of nitrogens with one attached hydrogen (secondary N) is 1. The molecular weight excluding hydrogens is 630 g/mol. The molecule has 43 heavy (non-hydrogen) atoms. The van der Waals surface area contributed by atoms with Crippen molar-refractivity contribution in [1.29, 1.82) is 0 Å². The molecule has 1 fully saturated rings. The molecule has 0 heterocycles. The predicted molar refractivity (Wildman–Crippen MR) is 173 cm³/mol. The minimum atomic E-state index is -4.14. The van der Waals surface area contributed by atoms with Crippen LogP contribution < -0.4 is 14.4 Å². The summed E-state index contributed by atoms with van der Waals surface area (Å²) in [6.07, 6.45) is 4.94. The highest BCUT2D eigenvalue weighted by molar-refractivity contribution is 9.10. The topological polar surface area (TPSA) is 96.0 Å². The standard InChI is InChI=1S/C33H40BrN3O5S/c1-3-31(33(39)35-27-12-8-9-13-27)36(23-22-25-10-6-5-7-11-25)32(38)24-37(28-16-18-29(19-17-28)42-4-2)43(40,41)30-20-14-26(34)15-21-30/h5-7,10-11,14-21,27,31H,3-4,8-9,12-13,22-24H2,1-2H3,(H,35,39)/t31-/m1/s1. The van der Waals surface area contributed by atoms with E-state index in [9.17, 15) is 18.0 Å². The smallest absolute Gasteiger partial charge is 0.264 e. The van der Waals surface area contributed by atoms with Crippen LogP contribution in [0.2, 0.25) is 0 Å². The number of amides is 2. The van der Waals surface area contributed by atoms with Crippen LogP contribution in [-0.2, 0) is 26.0 Å². The Morgan fingerprint density at radius 1 is 0.953 bits per heavy atom. The average Bonchev–Trinajstić information content (AvgIpc) is 3.52. The van der Waals surface area contributed by atoms with Crippen molar-refractivity contribution in [3.63, 3.8) is 0 Å². The van der Waals surface area contributed by atoms with Crippen molar-refractivity contribution in [3.8, 4) is 5.75 Å². The molecule has 3 aromatic rings. The summed E-state index contributed by atoms with van der Waals surface area (Å²) in [4.78, 5) is 29.3. The summed E-state index contributed by atoms with van der Waals surface area (Å²) in [6.45, 7) is 4.03. The number of carbonyl (C=O) groups is 2. The van der Waals surface area contributed by atoms with Crippen LogP contribution in [0.4, 0.5) is 5.69 Å². The maximum absolute atomic E-state index is 14.2. The Kier molecular flexibility index (Phi) is 11.6. The van der Waals surface area contributed by atoms with E-state index >= 15 is 0 Å². The van der Waals surface area contributed by atoms with Gasteiger partial charge in [0.25, 0.3) is 10.0 Å². The fourth-order valence-electron chi connectivity index (χ4n) is 5.40. The number of anilines is 1. The Labute approximate surface area is 263 Å². The first-order chi connectivity index (χ1) is 20.7. The Morgan fingerprint density at radius 3 is 2.21 bits per heavy atom. The SMILES string of the molecule is CCOc1ccc(N(CC(=O)N(CCc2ccccc2)[C@H](CC)C(=O)NC2CCCC2)S(=O)(=O)c2ccc(Br)cc2)cc1.